The minimum atomic E-state index is -0.832. The Morgan fingerprint density at radius 2 is 1.43 bits per heavy atom. The molecule has 0 radical (unpaired) electrons. The van der Waals surface area contributed by atoms with Gasteiger partial charge in [0.2, 0.25) is 0 Å². The number of carboxylic acids is 1. The van der Waals surface area contributed by atoms with Crippen molar-refractivity contribution in [2.45, 2.75) is 27.7 Å². The van der Waals surface area contributed by atoms with E-state index < -0.39 is 5.97 Å². The van der Waals surface area contributed by atoms with Gasteiger partial charge in [-0.3, -0.25) is 0 Å². The average molecular weight is 244 g/mol. The normalized spacial score (nSPS) is 9.43. The van der Waals surface area contributed by atoms with Crippen LogP contribution in [-0.2, 0) is 19.5 Å². The fourth-order valence-electron chi connectivity index (χ4n) is 1.54. The zero-order chi connectivity index (χ0) is 10.2. The third-order valence-electron chi connectivity index (χ3n) is 2.58. The molecule has 1 aromatic carbocycles. The summed E-state index contributed by atoms with van der Waals surface area (Å²) in [6, 6.07) is 2.02. The number of aryl methyl sites for hydroxylation is 2. The van der Waals surface area contributed by atoms with Gasteiger partial charge in [-0.15, -0.1) is 0 Å². The molecule has 0 spiro atoms. The molecule has 3 heteroatoms. The summed E-state index contributed by atoms with van der Waals surface area (Å²) in [4.78, 5) is 10.9. The van der Waals surface area contributed by atoms with Crippen LogP contribution >= 0.6 is 0 Å². The van der Waals surface area contributed by atoms with Crippen LogP contribution in [0.3, 0.4) is 0 Å². The largest absolute Gasteiger partial charge is 0.478 e. The molecule has 1 N–H and O–H groups in total. The first-order valence-electron chi connectivity index (χ1n) is 4.26. The van der Waals surface area contributed by atoms with Crippen LogP contribution in [0.4, 0.5) is 0 Å². The second-order valence-electron chi connectivity index (χ2n) is 3.44. The predicted molar refractivity (Wildman–Crippen MR) is 52.3 cm³/mol. The second-order valence-corrected chi connectivity index (χ2v) is 3.44. The van der Waals surface area contributed by atoms with Crippen LogP contribution < -0.4 is 0 Å². The molecule has 0 saturated carbocycles. The number of hydrogen-bond donors (Lipinski definition) is 1. The van der Waals surface area contributed by atoms with Crippen LogP contribution in [-0.4, -0.2) is 11.1 Å². The van der Waals surface area contributed by atoms with Gasteiger partial charge in [0.05, 0.1) is 5.56 Å². The Morgan fingerprint density at radius 3 is 1.71 bits per heavy atom. The molecule has 0 saturated heterocycles. The first kappa shape index (κ1) is 13.3. The molecule has 0 aromatic heterocycles. The van der Waals surface area contributed by atoms with Crippen molar-refractivity contribution in [3.8, 4) is 0 Å². The number of hydrogen-bond acceptors (Lipinski definition) is 1. The van der Waals surface area contributed by atoms with Crippen molar-refractivity contribution >= 4 is 5.97 Å². The van der Waals surface area contributed by atoms with Gasteiger partial charge in [0.25, 0.3) is 0 Å². The molecule has 14 heavy (non-hydrogen) atoms. The smallest absolute Gasteiger partial charge is 0.336 e. The first-order valence-corrected chi connectivity index (χ1v) is 4.26. The summed E-state index contributed by atoms with van der Waals surface area (Å²) in [5.74, 6) is -0.832. The summed E-state index contributed by atoms with van der Waals surface area (Å²) in [5, 5.41) is 9.00. The van der Waals surface area contributed by atoms with Gasteiger partial charge in [-0.25, -0.2) is 4.79 Å². The van der Waals surface area contributed by atoms with Crippen LogP contribution in [0.25, 0.3) is 0 Å². The second kappa shape index (κ2) is 4.70. The maximum absolute atomic E-state index is 10.9. The number of aromatic carboxylic acids is 1. The van der Waals surface area contributed by atoms with Crippen molar-refractivity contribution in [1.29, 1.82) is 0 Å². The number of benzene rings is 1. The molecule has 0 aliphatic heterocycles. The van der Waals surface area contributed by atoms with Crippen molar-refractivity contribution < 1.29 is 29.4 Å². The maximum atomic E-state index is 10.9. The molecule has 0 unspecified atom stereocenters. The third-order valence-corrected chi connectivity index (χ3v) is 2.58. The van der Waals surface area contributed by atoms with E-state index in [2.05, 4.69) is 0 Å². The van der Waals surface area contributed by atoms with Gasteiger partial charge >= 0.3 is 5.97 Å². The molecule has 0 fully saturated rings. The van der Waals surface area contributed by atoms with Crippen molar-refractivity contribution in [3.05, 3.63) is 33.9 Å². The van der Waals surface area contributed by atoms with E-state index in [9.17, 15) is 4.79 Å². The molecule has 0 atom stereocenters. The van der Waals surface area contributed by atoms with E-state index in [-0.39, 0.29) is 19.5 Å². The van der Waals surface area contributed by atoms with Crippen molar-refractivity contribution in [2.75, 3.05) is 0 Å². The Kier molecular flexibility index (Phi) is 4.47. The topological polar surface area (TPSA) is 37.3 Å². The molecule has 0 aliphatic carbocycles. The predicted octanol–water partition coefficient (Wildman–Crippen LogP) is 2.62. The minimum absolute atomic E-state index is 0. The Morgan fingerprint density at radius 1 is 1.07 bits per heavy atom. The van der Waals surface area contributed by atoms with Crippen molar-refractivity contribution in [1.82, 2.24) is 0 Å². The molecule has 0 aliphatic rings. The molecule has 0 heterocycles. The summed E-state index contributed by atoms with van der Waals surface area (Å²) < 4.78 is 0. The maximum Gasteiger partial charge on any atom is 0.336 e. The van der Waals surface area contributed by atoms with E-state index in [0.29, 0.717) is 5.56 Å². The Balaban J connectivity index is 0.00000169. The molecule has 1 aromatic rings. The monoisotopic (exact) mass is 242 g/mol. The van der Waals surface area contributed by atoms with E-state index >= 15 is 0 Å². The van der Waals surface area contributed by atoms with Gasteiger partial charge in [-0.05, 0) is 49.9 Å². The first-order chi connectivity index (χ1) is 5.95. The van der Waals surface area contributed by atoms with E-state index in [1.807, 2.05) is 33.8 Å². The molecular weight excluding hydrogens is 230 g/mol. The van der Waals surface area contributed by atoms with Crippen LogP contribution in [0.15, 0.2) is 6.07 Å². The molecular formula is C11H14O2Zn. The van der Waals surface area contributed by atoms with E-state index in [1.165, 1.54) is 0 Å². The van der Waals surface area contributed by atoms with Gasteiger partial charge in [-0.2, -0.15) is 0 Å². The van der Waals surface area contributed by atoms with Crippen LogP contribution in [0.5, 0.6) is 0 Å². The SMILES string of the molecule is Cc1cc(C)c(C)c(C(=O)O)c1C.[Zn]. The van der Waals surface area contributed by atoms with Gasteiger partial charge in [0.1, 0.15) is 0 Å². The number of carbonyl (C=O) groups is 1. The zero-order valence-electron chi connectivity index (χ0n) is 9.14. The van der Waals surface area contributed by atoms with Gasteiger partial charge < -0.3 is 5.11 Å². The summed E-state index contributed by atoms with van der Waals surface area (Å²) in [6.45, 7) is 7.58. The summed E-state index contributed by atoms with van der Waals surface area (Å²) >= 11 is 0. The van der Waals surface area contributed by atoms with Crippen molar-refractivity contribution in [3.63, 3.8) is 0 Å². The fourth-order valence-corrected chi connectivity index (χ4v) is 1.54. The van der Waals surface area contributed by atoms with Gasteiger partial charge in [0.15, 0.2) is 0 Å². The summed E-state index contributed by atoms with van der Waals surface area (Å²) in [7, 11) is 0. The zero-order valence-corrected chi connectivity index (χ0v) is 12.1. The Labute approximate surface area is 97.1 Å². The van der Waals surface area contributed by atoms with Gasteiger partial charge in [0, 0.05) is 19.5 Å². The average Bonchev–Trinajstić information content (AvgIpc) is 2.01. The van der Waals surface area contributed by atoms with E-state index in [4.69, 9.17) is 5.11 Å². The van der Waals surface area contributed by atoms with E-state index in [1.54, 1.807) is 0 Å². The molecule has 2 nitrogen and oxygen atoms in total. The van der Waals surface area contributed by atoms with E-state index in [0.717, 1.165) is 22.3 Å². The standard InChI is InChI=1S/C11H14O2.Zn/c1-6-5-7(2)9(4)10(8(6)3)11(12)13;/h5H,1-4H3,(H,12,13);. The number of carboxylic acid groups (broad SMARTS) is 1. The number of rotatable bonds is 1. The molecule has 0 amide bonds. The summed E-state index contributed by atoms with van der Waals surface area (Å²) in [5.41, 5.74) is 4.28. The molecule has 1 rings (SSSR count). The van der Waals surface area contributed by atoms with Crippen LogP contribution in [0.2, 0.25) is 0 Å². The molecule has 72 valence electrons. The molecule has 0 bridgehead atoms. The van der Waals surface area contributed by atoms with Crippen LogP contribution in [0.1, 0.15) is 32.6 Å². The third kappa shape index (κ3) is 2.21. The Bertz CT molecular complexity index is 344. The fraction of sp³-hybridized carbons (Fsp3) is 0.364. The minimum Gasteiger partial charge on any atom is -0.478 e. The van der Waals surface area contributed by atoms with Gasteiger partial charge in [-0.1, -0.05) is 6.07 Å². The van der Waals surface area contributed by atoms with Crippen molar-refractivity contribution in [2.24, 2.45) is 0 Å². The Hall–Kier alpha value is -0.687. The summed E-state index contributed by atoms with van der Waals surface area (Å²) in [6.07, 6.45) is 0. The quantitative estimate of drug-likeness (QED) is 0.770. The van der Waals surface area contributed by atoms with Crippen LogP contribution in [0, 0.1) is 27.7 Å².